The molecule has 3 rings (SSSR count). The fourth-order valence-corrected chi connectivity index (χ4v) is 3.03. The van der Waals surface area contributed by atoms with Crippen molar-refractivity contribution in [3.05, 3.63) is 58.1 Å². The summed E-state index contributed by atoms with van der Waals surface area (Å²) in [4.78, 5) is 25.5. The highest BCUT2D eigenvalue weighted by Crippen LogP contribution is 2.32. The zero-order chi connectivity index (χ0) is 19.2. The molecule has 1 aliphatic rings. The van der Waals surface area contributed by atoms with Crippen LogP contribution in [-0.4, -0.2) is 30.5 Å². The first-order chi connectivity index (χ1) is 13.1. The Hall–Kier alpha value is -3.53. The number of benzene rings is 2. The molecule has 2 aromatic rings. The second-order valence-electron chi connectivity index (χ2n) is 6.13. The van der Waals surface area contributed by atoms with Crippen LogP contribution in [0.4, 0.5) is 17.1 Å². The molecule has 0 radical (unpaired) electrons. The van der Waals surface area contributed by atoms with Gasteiger partial charge in [-0.25, -0.2) is 0 Å². The maximum atomic E-state index is 12.5. The van der Waals surface area contributed by atoms with Gasteiger partial charge in [0.25, 0.3) is 11.6 Å². The second kappa shape index (κ2) is 8.23. The minimum absolute atomic E-state index is 0.0596. The summed E-state index contributed by atoms with van der Waals surface area (Å²) in [5.74, 6) is 2.47. The Balaban J connectivity index is 1.79. The molecule has 27 heavy (non-hydrogen) atoms. The van der Waals surface area contributed by atoms with E-state index < -0.39 is 10.8 Å². The summed E-state index contributed by atoms with van der Waals surface area (Å²) < 4.78 is 5.32. The lowest BCUT2D eigenvalue weighted by Gasteiger charge is -2.17. The van der Waals surface area contributed by atoms with E-state index in [1.165, 1.54) is 6.07 Å². The van der Waals surface area contributed by atoms with E-state index in [0.717, 1.165) is 25.9 Å². The normalized spacial score (nSPS) is 13.1. The van der Waals surface area contributed by atoms with Gasteiger partial charge in [-0.15, -0.1) is 6.42 Å². The molecule has 0 aromatic heterocycles. The number of nitrogens with one attached hydrogen (secondary N) is 1. The van der Waals surface area contributed by atoms with Crippen molar-refractivity contribution in [2.24, 2.45) is 0 Å². The first kappa shape index (κ1) is 18.3. The maximum Gasteiger partial charge on any atom is 0.293 e. The summed E-state index contributed by atoms with van der Waals surface area (Å²) in [7, 11) is 0. The minimum atomic E-state index is -0.446. The van der Waals surface area contributed by atoms with E-state index in [-0.39, 0.29) is 17.9 Å². The van der Waals surface area contributed by atoms with Crippen molar-refractivity contribution in [1.82, 2.24) is 0 Å². The number of rotatable bonds is 6. The van der Waals surface area contributed by atoms with Crippen LogP contribution in [0.1, 0.15) is 23.2 Å². The van der Waals surface area contributed by atoms with Gasteiger partial charge in [-0.05, 0) is 37.1 Å². The van der Waals surface area contributed by atoms with Crippen LogP contribution in [0.15, 0.2) is 42.5 Å². The van der Waals surface area contributed by atoms with Gasteiger partial charge in [0.2, 0.25) is 0 Å². The molecule has 2 aromatic carbocycles. The number of amides is 1. The fraction of sp³-hybridized carbons (Fsp3) is 0.250. The highest BCUT2D eigenvalue weighted by Gasteiger charge is 2.23. The molecule has 0 spiro atoms. The van der Waals surface area contributed by atoms with Gasteiger partial charge in [0.15, 0.2) is 0 Å². The molecule has 1 N–H and O–H groups in total. The molecular formula is C20H19N3O4. The number of terminal acetylenes is 1. The first-order valence-electron chi connectivity index (χ1n) is 8.59. The van der Waals surface area contributed by atoms with E-state index in [1.54, 1.807) is 36.4 Å². The lowest BCUT2D eigenvalue weighted by molar-refractivity contribution is -0.384. The zero-order valence-electron chi connectivity index (χ0n) is 14.7. The summed E-state index contributed by atoms with van der Waals surface area (Å²) in [6.45, 7) is 1.70. The first-order valence-corrected chi connectivity index (χ1v) is 8.59. The summed E-state index contributed by atoms with van der Waals surface area (Å²) in [6, 6.07) is 11.4. The van der Waals surface area contributed by atoms with Gasteiger partial charge in [0, 0.05) is 36.5 Å². The number of anilines is 2. The van der Waals surface area contributed by atoms with Gasteiger partial charge in [-0.3, -0.25) is 14.9 Å². The van der Waals surface area contributed by atoms with Crippen molar-refractivity contribution in [2.45, 2.75) is 12.8 Å². The molecule has 1 amide bonds. The van der Waals surface area contributed by atoms with Crippen molar-refractivity contribution in [1.29, 1.82) is 0 Å². The van der Waals surface area contributed by atoms with Crippen LogP contribution in [0.25, 0.3) is 0 Å². The van der Waals surface area contributed by atoms with E-state index >= 15 is 0 Å². The molecule has 0 bridgehead atoms. The topological polar surface area (TPSA) is 84.7 Å². The lowest BCUT2D eigenvalue weighted by atomic mass is 10.1. The smallest absolute Gasteiger partial charge is 0.293 e. The van der Waals surface area contributed by atoms with Gasteiger partial charge in [0.05, 0.1) is 4.92 Å². The molecule has 0 aliphatic carbocycles. The van der Waals surface area contributed by atoms with E-state index in [9.17, 15) is 14.9 Å². The van der Waals surface area contributed by atoms with Crippen LogP contribution in [0.5, 0.6) is 5.75 Å². The van der Waals surface area contributed by atoms with Gasteiger partial charge in [-0.2, -0.15) is 0 Å². The van der Waals surface area contributed by atoms with Crippen molar-refractivity contribution in [3.63, 3.8) is 0 Å². The van der Waals surface area contributed by atoms with E-state index in [1.807, 2.05) is 4.90 Å². The molecule has 1 heterocycles. The Morgan fingerprint density at radius 2 is 2.04 bits per heavy atom. The van der Waals surface area contributed by atoms with Crippen molar-refractivity contribution >= 4 is 23.0 Å². The van der Waals surface area contributed by atoms with E-state index in [0.29, 0.717) is 17.1 Å². The van der Waals surface area contributed by atoms with Gasteiger partial charge >= 0.3 is 0 Å². The zero-order valence-corrected chi connectivity index (χ0v) is 14.7. The highest BCUT2D eigenvalue weighted by atomic mass is 16.6. The van der Waals surface area contributed by atoms with Gasteiger partial charge in [-0.1, -0.05) is 12.0 Å². The Morgan fingerprint density at radius 1 is 1.26 bits per heavy atom. The summed E-state index contributed by atoms with van der Waals surface area (Å²) >= 11 is 0. The average molecular weight is 365 g/mol. The number of nitro groups is 1. The SMILES string of the molecule is C#CCOc1cccc(NC(=O)c2ccc(N3CCCC3)c([N+](=O)[O-])c2)c1. The van der Waals surface area contributed by atoms with E-state index in [4.69, 9.17) is 11.2 Å². The molecule has 0 saturated carbocycles. The van der Waals surface area contributed by atoms with Crippen LogP contribution >= 0.6 is 0 Å². The number of nitro benzene ring substituents is 1. The Bertz CT molecular complexity index is 898. The number of carbonyl (C=O) groups excluding carboxylic acids is 1. The van der Waals surface area contributed by atoms with Crippen LogP contribution < -0.4 is 15.0 Å². The molecule has 0 unspecified atom stereocenters. The summed E-state index contributed by atoms with van der Waals surface area (Å²) in [6.07, 6.45) is 7.19. The minimum Gasteiger partial charge on any atom is -0.481 e. The number of hydrogen-bond donors (Lipinski definition) is 1. The number of carbonyl (C=O) groups is 1. The average Bonchev–Trinajstić information content (AvgIpc) is 3.20. The van der Waals surface area contributed by atoms with E-state index in [2.05, 4.69) is 11.2 Å². The van der Waals surface area contributed by atoms with Crippen molar-refractivity contribution in [2.75, 3.05) is 29.9 Å². The van der Waals surface area contributed by atoms with Crippen LogP contribution in [0.3, 0.4) is 0 Å². The third kappa shape index (κ3) is 4.36. The molecule has 1 saturated heterocycles. The monoisotopic (exact) mass is 365 g/mol. The molecule has 138 valence electrons. The van der Waals surface area contributed by atoms with Crippen LogP contribution in [0, 0.1) is 22.5 Å². The van der Waals surface area contributed by atoms with Crippen molar-refractivity contribution in [3.8, 4) is 18.1 Å². The third-order valence-corrected chi connectivity index (χ3v) is 4.30. The largest absolute Gasteiger partial charge is 0.481 e. The number of ether oxygens (including phenoxy) is 1. The summed E-state index contributed by atoms with van der Waals surface area (Å²) in [5, 5.41) is 14.2. The Morgan fingerprint density at radius 3 is 2.74 bits per heavy atom. The third-order valence-electron chi connectivity index (χ3n) is 4.30. The highest BCUT2D eigenvalue weighted by molar-refractivity contribution is 6.05. The molecule has 0 atom stereocenters. The fourth-order valence-electron chi connectivity index (χ4n) is 3.03. The quantitative estimate of drug-likeness (QED) is 0.481. The molecule has 1 fully saturated rings. The predicted octanol–water partition coefficient (Wildman–Crippen LogP) is 3.46. The predicted molar refractivity (Wildman–Crippen MR) is 103 cm³/mol. The molecular weight excluding hydrogens is 346 g/mol. The number of nitrogens with zero attached hydrogens (tertiary/aromatic N) is 2. The maximum absolute atomic E-state index is 12.5. The van der Waals surface area contributed by atoms with Gasteiger partial charge in [0.1, 0.15) is 18.0 Å². The second-order valence-corrected chi connectivity index (χ2v) is 6.13. The molecule has 1 aliphatic heterocycles. The Labute approximate surface area is 157 Å². The molecule has 7 heteroatoms. The van der Waals surface area contributed by atoms with Gasteiger partial charge < -0.3 is 15.0 Å². The molecule has 7 nitrogen and oxygen atoms in total. The lowest BCUT2D eigenvalue weighted by Crippen LogP contribution is -2.19. The van der Waals surface area contributed by atoms with Crippen molar-refractivity contribution < 1.29 is 14.5 Å². The summed E-state index contributed by atoms with van der Waals surface area (Å²) in [5.41, 5.74) is 1.23. The Kier molecular flexibility index (Phi) is 5.57. The standard InChI is InChI=1S/C20H19N3O4/c1-2-12-27-17-7-5-6-16(14-17)21-20(24)15-8-9-18(19(13-15)23(25)26)22-10-3-4-11-22/h1,5-9,13-14H,3-4,10-12H2,(H,21,24). The number of hydrogen-bond acceptors (Lipinski definition) is 5. The van der Waals surface area contributed by atoms with Crippen LogP contribution in [0.2, 0.25) is 0 Å². The van der Waals surface area contributed by atoms with Crippen LogP contribution in [-0.2, 0) is 0 Å².